The van der Waals surface area contributed by atoms with E-state index in [2.05, 4.69) is 9.97 Å². The van der Waals surface area contributed by atoms with Gasteiger partial charge in [0.2, 0.25) is 0 Å². The highest BCUT2D eigenvalue weighted by Crippen LogP contribution is 2.31. The van der Waals surface area contributed by atoms with Crippen molar-refractivity contribution in [2.45, 2.75) is 45.2 Å². The van der Waals surface area contributed by atoms with Gasteiger partial charge in [-0.05, 0) is 45.9 Å². The third-order valence-corrected chi connectivity index (χ3v) is 6.31. The van der Waals surface area contributed by atoms with Gasteiger partial charge >= 0.3 is 12.1 Å². The predicted molar refractivity (Wildman–Crippen MR) is 116 cm³/mol. The molecule has 0 aliphatic rings. The average molecular weight is 490 g/mol. The van der Waals surface area contributed by atoms with Gasteiger partial charge < -0.3 is 21.9 Å². The molecular weight excluding hydrogens is 463 g/mol. The molecule has 0 radical (unpaired) electrons. The van der Waals surface area contributed by atoms with Crippen molar-refractivity contribution >= 4 is 22.8 Å². The molecule has 0 spiro atoms. The Morgan fingerprint density at radius 3 is 2.53 bits per heavy atom. The van der Waals surface area contributed by atoms with E-state index in [9.17, 15) is 13.2 Å². The summed E-state index contributed by atoms with van der Waals surface area (Å²) in [5.41, 5.74) is 1.74. The number of ether oxygens (including phenoxy) is 2. The SMILES string of the molecule is CCOC(C)(C)CSCc1c(C)c(OC)cc[n+]1-c1nc2ccc(C(F)(F)F)cc2[nH]1.[Cl-]. The van der Waals surface area contributed by atoms with Crippen molar-refractivity contribution in [3.05, 3.63) is 47.3 Å². The van der Waals surface area contributed by atoms with Gasteiger partial charge in [0, 0.05) is 29.7 Å². The number of benzene rings is 1. The standard InChI is InChI=1S/C22H27F3N3O2S.ClH/c1-6-30-21(3,4)13-31-12-18-14(2)19(29-5)9-10-28(18)20-26-16-8-7-15(22(23,24)25)11-17(16)27-20;/h7-11H,6,12-13H2,1-5H3,(H,26,27);1H/q+1;/p-1. The van der Waals surface area contributed by atoms with E-state index in [1.807, 2.05) is 44.5 Å². The number of aromatic amines is 1. The number of hydrogen-bond acceptors (Lipinski definition) is 4. The number of methoxy groups -OCH3 is 1. The van der Waals surface area contributed by atoms with Crippen LogP contribution < -0.4 is 21.7 Å². The van der Waals surface area contributed by atoms with Crippen molar-refractivity contribution in [2.75, 3.05) is 19.5 Å². The molecule has 32 heavy (non-hydrogen) atoms. The molecule has 176 valence electrons. The summed E-state index contributed by atoms with van der Waals surface area (Å²) in [5, 5.41) is 0. The summed E-state index contributed by atoms with van der Waals surface area (Å²) in [6, 6.07) is 5.33. The van der Waals surface area contributed by atoms with Crippen LogP contribution in [0.1, 0.15) is 37.6 Å². The Kier molecular flexibility index (Phi) is 8.47. The lowest BCUT2D eigenvalue weighted by molar-refractivity contribution is -0.610. The molecule has 0 atom stereocenters. The minimum absolute atomic E-state index is 0. The Labute approximate surface area is 196 Å². The van der Waals surface area contributed by atoms with Crippen molar-refractivity contribution in [1.82, 2.24) is 9.97 Å². The summed E-state index contributed by atoms with van der Waals surface area (Å²) in [6.45, 7) is 8.67. The number of thioether (sulfide) groups is 1. The number of imidazole rings is 1. The number of nitrogens with zero attached hydrogens (tertiary/aromatic N) is 2. The van der Waals surface area contributed by atoms with Crippen LogP contribution in [0.2, 0.25) is 0 Å². The first-order valence-corrected chi connectivity index (χ1v) is 11.1. The van der Waals surface area contributed by atoms with E-state index in [-0.39, 0.29) is 18.0 Å². The Hall–Kier alpha value is -1.97. The average Bonchev–Trinajstić information content (AvgIpc) is 3.11. The highest BCUT2D eigenvalue weighted by atomic mass is 35.5. The van der Waals surface area contributed by atoms with Crippen molar-refractivity contribution < 1.29 is 39.6 Å². The van der Waals surface area contributed by atoms with Crippen LogP contribution in [0.4, 0.5) is 13.2 Å². The summed E-state index contributed by atoms with van der Waals surface area (Å²) in [4.78, 5) is 7.55. The largest absolute Gasteiger partial charge is 1.00 e. The lowest BCUT2D eigenvalue weighted by Crippen LogP contribution is -3.00. The number of halogens is 4. The van der Waals surface area contributed by atoms with E-state index in [4.69, 9.17) is 9.47 Å². The summed E-state index contributed by atoms with van der Waals surface area (Å²) < 4.78 is 52.3. The summed E-state index contributed by atoms with van der Waals surface area (Å²) in [6.07, 6.45) is -2.59. The number of hydrogen-bond donors (Lipinski definition) is 1. The molecule has 1 aromatic carbocycles. The van der Waals surface area contributed by atoms with E-state index in [1.54, 1.807) is 18.9 Å². The van der Waals surface area contributed by atoms with Gasteiger partial charge in [-0.2, -0.15) is 24.9 Å². The van der Waals surface area contributed by atoms with Crippen LogP contribution in [0, 0.1) is 6.92 Å². The van der Waals surface area contributed by atoms with Gasteiger partial charge in [-0.15, -0.1) is 0 Å². The minimum atomic E-state index is -4.40. The zero-order valence-electron chi connectivity index (χ0n) is 18.6. The minimum Gasteiger partial charge on any atom is -1.00 e. The lowest BCUT2D eigenvalue weighted by Gasteiger charge is -2.24. The Bertz CT molecular complexity index is 1070. The molecule has 2 aromatic heterocycles. The molecule has 0 unspecified atom stereocenters. The number of fused-ring (bicyclic) bond motifs is 1. The molecule has 5 nitrogen and oxygen atoms in total. The van der Waals surface area contributed by atoms with Crippen LogP contribution >= 0.6 is 11.8 Å². The van der Waals surface area contributed by atoms with Crippen molar-refractivity contribution in [1.29, 1.82) is 0 Å². The van der Waals surface area contributed by atoms with E-state index in [0.717, 1.165) is 34.9 Å². The summed E-state index contributed by atoms with van der Waals surface area (Å²) in [7, 11) is 1.61. The summed E-state index contributed by atoms with van der Waals surface area (Å²) in [5.74, 6) is 2.64. The molecular formula is C22H27ClF3N3O2S. The van der Waals surface area contributed by atoms with Crippen LogP contribution in [0.5, 0.6) is 5.75 Å². The van der Waals surface area contributed by atoms with Crippen molar-refractivity contribution in [3.63, 3.8) is 0 Å². The first kappa shape index (κ1) is 26.3. The fraction of sp³-hybridized carbons (Fsp3) is 0.455. The molecule has 1 N–H and O–H groups in total. The third-order valence-electron chi connectivity index (χ3n) is 4.94. The van der Waals surface area contributed by atoms with Gasteiger partial charge in [-0.25, -0.2) is 9.55 Å². The number of alkyl halides is 3. The number of H-pyrrole nitrogens is 1. The number of aromatic nitrogens is 3. The maximum absolute atomic E-state index is 13.1. The maximum Gasteiger partial charge on any atom is 0.416 e. The van der Waals surface area contributed by atoms with Gasteiger partial charge in [0.15, 0.2) is 5.52 Å². The quantitative estimate of drug-likeness (QED) is 0.493. The van der Waals surface area contributed by atoms with Crippen LogP contribution in [0.15, 0.2) is 30.5 Å². The molecule has 3 rings (SSSR count). The van der Waals surface area contributed by atoms with Crippen LogP contribution in [0.3, 0.4) is 0 Å². The molecule has 0 amide bonds. The van der Waals surface area contributed by atoms with Gasteiger partial charge in [0.25, 0.3) is 0 Å². The first-order chi connectivity index (χ1) is 14.6. The first-order valence-electron chi connectivity index (χ1n) is 9.93. The van der Waals surface area contributed by atoms with Gasteiger partial charge in [0.05, 0.1) is 24.5 Å². The van der Waals surface area contributed by atoms with E-state index < -0.39 is 11.7 Å². The molecule has 2 heterocycles. The smallest absolute Gasteiger partial charge is 0.416 e. The highest BCUT2D eigenvalue weighted by molar-refractivity contribution is 7.98. The fourth-order valence-electron chi connectivity index (χ4n) is 3.39. The molecule has 0 saturated carbocycles. The molecule has 0 bridgehead atoms. The molecule has 0 aliphatic heterocycles. The van der Waals surface area contributed by atoms with Crippen molar-refractivity contribution in [2.24, 2.45) is 0 Å². The molecule has 0 fully saturated rings. The number of rotatable bonds is 8. The second-order valence-corrected chi connectivity index (χ2v) is 8.79. The predicted octanol–water partition coefficient (Wildman–Crippen LogP) is 2.23. The normalized spacial score (nSPS) is 12.1. The lowest BCUT2D eigenvalue weighted by atomic mass is 10.2. The summed E-state index contributed by atoms with van der Waals surface area (Å²) >= 11 is 1.72. The van der Waals surface area contributed by atoms with E-state index in [0.29, 0.717) is 29.3 Å². The maximum atomic E-state index is 13.1. The third kappa shape index (κ3) is 5.88. The highest BCUT2D eigenvalue weighted by Gasteiger charge is 2.32. The molecule has 3 aromatic rings. The number of pyridine rings is 1. The van der Waals surface area contributed by atoms with Crippen LogP contribution in [-0.2, 0) is 16.7 Å². The van der Waals surface area contributed by atoms with Gasteiger partial charge in [-0.1, -0.05) is 4.98 Å². The molecule has 0 aliphatic carbocycles. The molecule has 0 saturated heterocycles. The zero-order chi connectivity index (χ0) is 22.8. The Balaban J connectivity index is 0.00000363. The Morgan fingerprint density at radius 1 is 1.19 bits per heavy atom. The Morgan fingerprint density at radius 2 is 1.91 bits per heavy atom. The van der Waals surface area contributed by atoms with Crippen LogP contribution in [0.25, 0.3) is 17.0 Å². The molecule has 10 heteroatoms. The second kappa shape index (κ2) is 10.3. The zero-order valence-corrected chi connectivity index (χ0v) is 20.2. The van der Waals surface area contributed by atoms with Crippen molar-refractivity contribution in [3.8, 4) is 11.7 Å². The van der Waals surface area contributed by atoms with Gasteiger partial charge in [0.1, 0.15) is 17.0 Å². The number of nitrogens with one attached hydrogen (secondary N) is 1. The second-order valence-electron chi connectivity index (χ2n) is 7.80. The fourth-order valence-corrected chi connectivity index (χ4v) is 4.62. The monoisotopic (exact) mass is 489 g/mol. The topological polar surface area (TPSA) is 51.0 Å². The van der Waals surface area contributed by atoms with Crippen LogP contribution in [-0.4, -0.2) is 35.0 Å². The van der Waals surface area contributed by atoms with E-state index in [1.165, 1.54) is 6.07 Å². The van der Waals surface area contributed by atoms with E-state index >= 15 is 0 Å². The van der Waals surface area contributed by atoms with Gasteiger partial charge in [-0.3, -0.25) is 0 Å².